The molecule has 114 valence electrons. The minimum Gasteiger partial charge on any atom is -0.385 e. The fourth-order valence-corrected chi connectivity index (χ4v) is 2.19. The number of methoxy groups -OCH3 is 1. The highest BCUT2D eigenvalue weighted by Gasteiger charge is 2.53. The minimum absolute atomic E-state index is 0. The van der Waals surface area contributed by atoms with Crippen molar-refractivity contribution in [1.29, 1.82) is 0 Å². The maximum absolute atomic E-state index is 5.06. The monoisotopic (exact) mass is 383 g/mol. The number of nitrogens with zero attached hydrogens (tertiary/aromatic N) is 2. The van der Waals surface area contributed by atoms with E-state index in [1.807, 2.05) is 0 Å². The van der Waals surface area contributed by atoms with Crippen molar-refractivity contribution in [1.82, 2.24) is 10.2 Å². The van der Waals surface area contributed by atoms with E-state index in [0.29, 0.717) is 5.41 Å². The van der Waals surface area contributed by atoms with Crippen molar-refractivity contribution in [2.24, 2.45) is 10.4 Å². The molecule has 0 aromatic rings. The summed E-state index contributed by atoms with van der Waals surface area (Å²) in [6, 6.07) is 0. The number of aliphatic imine (C=N–C) groups is 1. The van der Waals surface area contributed by atoms with Gasteiger partial charge in [0.2, 0.25) is 0 Å². The van der Waals surface area contributed by atoms with Crippen molar-refractivity contribution in [2.75, 3.05) is 33.4 Å². The molecule has 0 radical (unpaired) electrons. The second-order valence-electron chi connectivity index (χ2n) is 6.11. The number of rotatable bonds is 5. The summed E-state index contributed by atoms with van der Waals surface area (Å²) in [5, 5.41) is 3.39. The number of likely N-dealkylation sites (tertiary alicyclic amines) is 1. The Morgan fingerprint density at radius 1 is 1.32 bits per heavy atom. The van der Waals surface area contributed by atoms with E-state index >= 15 is 0 Å². The second-order valence-corrected chi connectivity index (χ2v) is 6.11. The van der Waals surface area contributed by atoms with E-state index in [1.165, 1.54) is 0 Å². The Morgan fingerprint density at radius 3 is 2.37 bits per heavy atom. The molecule has 1 fully saturated rings. The van der Waals surface area contributed by atoms with Crippen molar-refractivity contribution < 1.29 is 4.74 Å². The van der Waals surface area contributed by atoms with Crippen LogP contribution in [0.4, 0.5) is 0 Å². The molecular formula is C14H30IN3O. The summed E-state index contributed by atoms with van der Waals surface area (Å²) in [5.74, 6) is 1.04. The molecule has 1 saturated heterocycles. The molecule has 0 amide bonds. The zero-order valence-corrected chi connectivity index (χ0v) is 15.6. The summed E-state index contributed by atoms with van der Waals surface area (Å²) < 4.78 is 5.06. The van der Waals surface area contributed by atoms with Crippen LogP contribution in [0.5, 0.6) is 0 Å². The van der Waals surface area contributed by atoms with Crippen molar-refractivity contribution in [3.05, 3.63) is 0 Å². The van der Waals surface area contributed by atoms with Gasteiger partial charge in [0.05, 0.1) is 0 Å². The van der Waals surface area contributed by atoms with Gasteiger partial charge in [-0.3, -0.25) is 4.99 Å². The van der Waals surface area contributed by atoms with Crippen LogP contribution in [0.1, 0.15) is 41.0 Å². The van der Waals surface area contributed by atoms with Gasteiger partial charge < -0.3 is 15.0 Å². The smallest absolute Gasteiger partial charge is 0.194 e. The number of halogens is 1. The van der Waals surface area contributed by atoms with Crippen molar-refractivity contribution >= 4 is 29.9 Å². The highest BCUT2D eigenvalue weighted by atomic mass is 127. The van der Waals surface area contributed by atoms with Crippen LogP contribution in [-0.4, -0.2) is 49.7 Å². The number of hydrogen-bond acceptors (Lipinski definition) is 2. The van der Waals surface area contributed by atoms with Crippen molar-refractivity contribution in [3.63, 3.8) is 0 Å². The van der Waals surface area contributed by atoms with Gasteiger partial charge in [0.15, 0.2) is 5.96 Å². The molecule has 5 heteroatoms. The van der Waals surface area contributed by atoms with E-state index in [0.717, 1.165) is 38.6 Å². The Morgan fingerprint density at radius 2 is 1.95 bits per heavy atom. The van der Waals surface area contributed by atoms with Gasteiger partial charge in [-0.25, -0.2) is 0 Å². The molecule has 0 saturated carbocycles. The molecule has 0 unspecified atom stereocenters. The van der Waals surface area contributed by atoms with E-state index < -0.39 is 0 Å². The lowest BCUT2D eigenvalue weighted by Gasteiger charge is -2.62. The number of ether oxygens (including phenoxy) is 1. The maximum Gasteiger partial charge on any atom is 0.194 e. The molecule has 1 N–H and O–H groups in total. The van der Waals surface area contributed by atoms with Crippen LogP contribution in [-0.2, 0) is 4.74 Å². The molecule has 0 aromatic heterocycles. The molecule has 1 aliphatic heterocycles. The first-order chi connectivity index (χ1) is 8.36. The molecule has 1 rings (SSSR count). The van der Waals surface area contributed by atoms with E-state index in [-0.39, 0.29) is 29.5 Å². The summed E-state index contributed by atoms with van der Waals surface area (Å²) in [6.45, 7) is 14.9. The number of hydrogen-bond donors (Lipinski definition) is 1. The third-order valence-electron chi connectivity index (χ3n) is 4.24. The molecule has 0 aliphatic carbocycles. The second kappa shape index (κ2) is 7.67. The van der Waals surface area contributed by atoms with E-state index in [4.69, 9.17) is 4.74 Å². The maximum atomic E-state index is 5.06. The standard InChI is InChI=1S/C14H29N3O.HI/c1-7-15-12(16-9-8-10-18-6)17-11-13(2,3)14(17,4)5;/h7-11H2,1-6H3,(H,15,16);1H. The summed E-state index contributed by atoms with van der Waals surface area (Å²) >= 11 is 0. The lowest BCUT2D eigenvalue weighted by molar-refractivity contribution is -0.0667. The molecule has 1 aliphatic rings. The quantitative estimate of drug-likeness (QED) is 0.343. The fourth-order valence-electron chi connectivity index (χ4n) is 2.19. The lowest BCUT2D eigenvalue weighted by Crippen LogP contribution is -2.72. The molecule has 4 nitrogen and oxygen atoms in total. The van der Waals surface area contributed by atoms with Crippen LogP contribution in [0.25, 0.3) is 0 Å². The summed E-state index contributed by atoms with van der Waals surface area (Å²) in [4.78, 5) is 7.06. The van der Waals surface area contributed by atoms with E-state index in [1.54, 1.807) is 7.11 Å². The molecule has 19 heavy (non-hydrogen) atoms. The molecule has 0 spiro atoms. The average Bonchev–Trinajstić information content (AvgIpc) is 2.30. The molecule has 0 aromatic carbocycles. The van der Waals surface area contributed by atoms with Gasteiger partial charge in [-0.15, -0.1) is 24.0 Å². The summed E-state index contributed by atoms with van der Waals surface area (Å²) in [7, 11) is 1.73. The number of nitrogens with one attached hydrogen (secondary N) is 1. The predicted octanol–water partition coefficient (Wildman–Crippen LogP) is 2.73. The Hall–Kier alpha value is -0.0400. The topological polar surface area (TPSA) is 36.9 Å². The Balaban J connectivity index is 0.00000324. The SMILES string of the molecule is CCNC(=NCCCOC)N1CC(C)(C)C1(C)C.I. The Labute approximate surface area is 135 Å². The predicted molar refractivity (Wildman–Crippen MR) is 92.5 cm³/mol. The highest BCUT2D eigenvalue weighted by Crippen LogP contribution is 2.46. The van der Waals surface area contributed by atoms with Crippen LogP contribution < -0.4 is 5.32 Å². The van der Waals surface area contributed by atoms with Gasteiger partial charge in [0.25, 0.3) is 0 Å². The van der Waals surface area contributed by atoms with Gasteiger partial charge in [-0.2, -0.15) is 0 Å². The molecule has 1 heterocycles. The van der Waals surface area contributed by atoms with Gasteiger partial charge in [0, 0.05) is 44.3 Å². The zero-order chi connectivity index (χ0) is 13.8. The van der Waals surface area contributed by atoms with E-state index in [2.05, 4.69) is 49.8 Å². The normalized spacial score (nSPS) is 20.5. The van der Waals surface area contributed by atoms with E-state index in [9.17, 15) is 0 Å². The van der Waals surface area contributed by atoms with Gasteiger partial charge in [-0.05, 0) is 27.2 Å². The minimum atomic E-state index is 0. The lowest BCUT2D eigenvalue weighted by atomic mass is 9.65. The first-order valence-corrected chi connectivity index (χ1v) is 6.91. The van der Waals surface area contributed by atoms with Crippen LogP contribution in [0.15, 0.2) is 4.99 Å². The summed E-state index contributed by atoms with van der Waals surface area (Å²) in [5.41, 5.74) is 0.505. The first kappa shape index (κ1) is 19.0. The number of guanidine groups is 1. The van der Waals surface area contributed by atoms with Crippen LogP contribution in [0, 0.1) is 5.41 Å². The first-order valence-electron chi connectivity index (χ1n) is 6.91. The van der Waals surface area contributed by atoms with Crippen LogP contribution in [0.2, 0.25) is 0 Å². The van der Waals surface area contributed by atoms with Crippen LogP contribution >= 0.6 is 24.0 Å². The Bertz CT molecular complexity index is 303. The largest absolute Gasteiger partial charge is 0.385 e. The third kappa shape index (κ3) is 4.21. The summed E-state index contributed by atoms with van der Waals surface area (Å²) in [6.07, 6.45) is 0.975. The Kier molecular flexibility index (Phi) is 7.65. The van der Waals surface area contributed by atoms with Gasteiger partial charge in [0.1, 0.15) is 0 Å². The third-order valence-corrected chi connectivity index (χ3v) is 4.24. The van der Waals surface area contributed by atoms with Gasteiger partial charge in [-0.1, -0.05) is 13.8 Å². The van der Waals surface area contributed by atoms with Crippen LogP contribution in [0.3, 0.4) is 0 Å². The molecule has 0 atom stereocenters. The average molecular weight is 383 g/mol. The van der Waals surface area contributed by atoms with Crippen molar-refractivity contribution in [3.8, 4) is 0 Å². The van der Waals surface area contributed by atoms with Gasteiger partial charge >= 0.3 is 0 Å². The zero-order valence-electron chi connectivity index (χ0n) is 13.2. The highest BCUT2D eigenvalue weighted by molar-refractivity contribution is 14.0. The molecule has 0 bridgehead atoms. The molecular weight excluding hydrogens is 353 g/mol. The fraction of sp³-hybridized carbons (Fsp3) is 0.929. The van der Waals surface area contributed by atoms with Crippen molar-refractivity contribution in [2.45, 2.75) is 46.6 Å².